The Morgan fingerprint density at radius 3 is 3.00 bits per heavy atom. The molecule has 0 aliphatic carbocycles. The lowest BCUT2D eigenvalue weighted by Gasteiger charge is -2.00. The Morgan fingerprint density at radius 2 is 2.17 bits per heavy atom. The van der Waals surface area contributed by atoms with Crippen molar-refractivity contribution in [1.82, 2.24) is 0 Å². The molecule has 0 spiro atoms. The standard InChI is InChI=1S/C11H8O/c1-12-11-7-6-9-4-2-3-5-10(9)8-11/h3,5-8H,1H3. The summed E-state index contributed by atoms with van der Waals surface area (Å²) in [6.07, 6.45) is 0. The van der Waals surface area contributed by atoms with Gasteiger partial charge in [-0.3, -0.25) is 0 Å². The molecule has 0 aromatic heterocycles. The molecule has 0 atom stereocenters. The fourth-order valence-corrected chi connectivity index (χ4v) is 1.17. The van der Waals surface area contributed by atoms with E-state index in [1.165, 1.54) is 0 Å². The van der Waals surface area contributed by atoms with Crippen LogP contribution in [0.4, 0.5) is 0 Å². The molecule has 0 aliphatic heterocycles. The Bertz CT molecular complexity index is 393. The zero-order chi connectivity index (χ0) is 8.39. The molecule has 0 amide bonds. The fourth-order valence-electron chi connectivity index (χ4n) is 1.17. The minimum atomic E-state index is 0.877. The number of rotatable bonds is 1. The number of hydrogen-bond acceptors (Lipinski definition) is 1. The van der Waals surface area contributed by atoms with E-state index in [1.807, 2.05) is 30.3 Å². The van der Waals surface area contributed by atoms with Crippen LogP contribution in [-0.2, 0) is 0 Å². The first-order valence-corrected chi connectivity index (χ1v) is 3.76. The maximum atomic E-state index is 5.10. The third-order valence-corrected chi connectivity index (χ3v) is 1.81. The first-order chi connectivity index (χ1) is 5.90. The third kappa shape index (κ3) is 1.14. The van der Waals surface area contributed by atoms with Crippen molar-refractivity contribution in [2.24, 2.45) is 0 Å². The van der Waals surface area contributed by atoms with Gasteiger partial charge in [0.25, 0.3) is 0 Å². The van der Waals surface area contributed by atoms with Crippen LogP contribution in [0.15, 0.2) is 30.3 Å². The smallest absolute Gasteiger partial charge is 0.119 e. The molecule has 1 nitrogen and oxygen atoms in total. The Hall–Kier alpha value is -1.50. The highest BCUT2D eigenvalue weighted by molar-refractivity contribution is 5.82. The lowest BCUT2D eigenvalue weighted by atomic mass is 10.1. The van der Waals surface area contributed by atoms with E-state index in [-0.39, 0.29) is 0 Å². The number of ether oxygens (including phenoxy) is 1. The predicted octanol–water partition coefficient (Wildman–Crippen LogP) is 2.45. The molecule has 0 unspecified atom stereocenters. The van der Waals surface area contributed by atoms with E-state index in [2.05, 4.69) is 12.1 Å². The molecule has 12 heavy (non-hydrogen) atoms. The molecule has 0 aliphatic rings. The van der Waals surface area contributed by atoms with Crippen molar-refractivity contribution in [3.8, 4) is 5.75 Å². The fraction of sp³-hybridized carbons (Fsp3) is 0.0909. The van der Waals surface area contributed by atoms with E-state index < -0.39 is 0 Å². The van der Waals surface area contributed by atoms with Crippen molar-refractivity contribution in [3.05, 3.63) is 42.5 Å². The topological polar surface area (TPSA) is 9.23 Å². The highest BCUT2D eigenvalue weighted by atomic mass is 16.5. The van der Waals surface area contributed by atoms with E-state index >= 15 is 0 Å². The first kappa shape index (κ1) is 7.17. The molecule has 0 bridgehead atoms. The lowest BCUT2D eigenvalue weighted by molar-refractivity contribution is 0.415. The maximum absolute atomic E-state index is 5.10. The SMILES string of the molecule is COc1ccc2[c][c]ccc2c1. The summed E-state index contributed by atoms with van der Waals surface area (Å²) in [5, 5.41) is 2.20. The molecule has 0 fully saturated rings. The van der Waals surface area contributed by atoms with Crippen LogP contribution in [0.25, 0.3) is 10.8 Å². The molecule has 0 saturated heterocycles. The molecular weight excluding hydrogens is 148 g/mol. The summed E-state index contributed by atoms with van der Waals surface area (Å²) in [6.45, 7) is 0. The second-order valence-electron chi connectivity index (χ2n) is 2.56. The van der Waals surface area contributed by atoms with Crippen LogP contribution in [0.2, 0.25) is 0 Å². The first-order valence-electron chi connectivity index (χ1n) is 3.76. The van der Waals surface area contributed by atoms with Crippen molar-refractivity contribution >= 4 is 10.8 Å². The summed E-state index contributed by atoms with van der Waals surface area (Å²) < 4.78 is 5.10. The van der Waals surface area contributed by atoms with Crippen molar-refractivity contribution < 1.29 is 4.74 Å². The van der Waals surface area contributed by atoms with Crippen molar-refractivity contribution in [3.63, 3.8) is 0 Å². The average molecular weight is 156 g/mol. The number of benzene rings is 2. The van der Waals surface area contributed by atoms with E-state index in [9.17, 15) is 0 Å². The van der Waals surface area contributed by atoms with Gasteiger partial charge >= 0.3 is 0 Å². The minimum Gasteiger partial charge on any atom is -0.497 e. The van der Waals surface area contributed by atoms with Gasteiger partial charge in [-0.05, 0) is 35.0 Å². The second-order valence-corrected chi connectivity index (χ2v) is 2.56. The molecule has 2 rings (SSSR count). The molecular formula is C11H8O. The van der Waals surface area contributed by atoms with Gasteiger partial charge in [-0.1, -0.05) is 18.2 Å². The van der Waals surface area contributed by atoms with Crippen LogP contribution < -0.4 is 4.74 Å². The van der Waals surface area contributed by atoms with E-state index in [0.29, 0.717) is 0 Å². The van der Waals surface area contributed by atoms with Crippen LogP contribution in [-0.4, -0.2) is 7.11 Å². The van der Waals surface area contributed by atoms with E-state index in [4.69, 9.17) is 4.74 Å². The zero-order valence-electron chi connectivity index (χ0n) is 6.79. The van der Waals surface area contributed by atoms with Crippen LogP contribution in [0.1, 0.15) is 0 Å². The van der Waals surface area contributed by atoms with Gasteiger partial charge in [-0.2, -0.15) is 0 Å². The minimum absolute atomic E-state index is 0.877. The van der Waals surface area contributed by atoms with Gasteiger partial charge in [0.1, 0.15) is 5.75 Å². The van der Waals surface area contributed by atoms with Crippen LogP contribution in [0.5, 0.6) is 5.75 Å². The van der Waals surface area contributed by atoms with Crippen LogP contribution in [0.3, 0.4) is 0 Å². The molecule has 2 aromatic rings. The lowest BCUT2D eigenvalue weighted by Crippen LogP contribution is -1.81. The molecule has 0 saturated carbocycles. The Balaban J connectivity index is 2.67. The van der Waals surface area contributed by atoms with Gasteiger partial charge in [-0.15, -0.1) is 0 Å². The summed E-state index contributed by atoms with van der Waals surface area (Å²) >= 11 is 0. The Labute approximate surface area is 71.6 Å². The highest BCUT2D eigenvalue weighted by Crippen LogP contribution is 2.19. The summed E-state index contributed by atoms with van der Waals surface area (Å²) in [5.74, 6) is 0.877. The van der Waals surface area contributed by atoms with Gasteiger partial charge in [0, 0.05) is 0 Å². The monoisotopic (exact) mass is 156 g/mol. The van der Waals surface area contributed by atoms with Crippen molar-refractivity contribution in [1.29, 1.82) is 0 Å². The summed E-state index contributed by atoms with van der Waals surface area (Å²) in [6, 6.07) is 15.7. The number of hydrogen-bond donors (Lipinski definition) is 0. The average Bonchev–Trinajstić information content (AvgIpc) is 2.17. The number of methoxy groups -OCH3 is 1. The Morgan fingerprint density at radius 1 is 1.25 bits per heavy atom. The molecule has 2 radical (unpaired) electrons. The highest BCUT2D eigenvalue weighted by Gasteiger charge is 1.93. The maximum Gasteiger partial charge on any atom is 0.119 e. The van der Waals surface area contributed by atoms with Gasteiger partial charge < -0.3 is 4.74 Å². The molecule has 2 aromatic carbocycles. The van der Waals surface area contributed by atoms with Crippen molar-refractivity contribution in [2.75, 3.05) is 7.11 Å². The van der Waals surface area contributed by atoms with Gasteiger partial charge in [-0.25, -0.2) is 0 Å². The normalized spacial score (nSPS) is 10.1. The Kier molecular flexibility index (Phi) is 1.71. The summed E-state index contributed by atoms with van der Waals surface area (Å²) in [7, 11) is 1.67. The van der Waals surface area contributed by atoms with Crippen LogP contribution in [0, 0.1) is 12.1 Å². The van der Waals surface area contributed by atoms with Gasteiger partial charge in [0.2, 0.25) is 0 Å². The molecule has 1 heteroatoms. The summed E-state index contributed by atoms with van der Waals surface area (Å²) in [5.41, 5.74) is 0. The molecule has 58 valence electrons. The largest absolute Gasteiger partial charge is 0.497 e. The van der Waals surface area contributed by atoms with Gasteiger partial charge in [0.15, 0.2) is 0 Å². The van der Waals surface area contributed by atoms with Gasteiger partial charge in [0.05, 0.1) is 7.11 Å². The quantitative estimate of drug-likeness (QED) is 0.616. The van der Waals surface area contributed by atoms with E-state index in [1.54, 1.807) is 7.11 Å². The summed E-state index contributed by atoms with van der Waals surface area (Å²) in [4.78, 5) is 0. The predicted molar refractivity (Wildman–Crippen MR) is 48.2 cm³/mol. The third-order valence-electron chi connectivity index (χ3n) is 1.81. The number of fused-ring (bicyclic) bond motifs is 1. The van der Waals surface area contributed by atoms with E-state index in [0.717, 1.165) is 16.5 Å². The molecule has 0 heterocycles. The van der Waals surface area contributed by atoms with Crippen LogP contribution >= 0.6 is 0 Å². The molecule has 0 N–H and O–H groups in total. The second kappa shape index (κ2) is 2.86. The zero-order valence-corrected chi connectivity index (χ0v) is 6.79. The van der Waals surface area contributed by atoms with Crippen molar-refractivity contribution in [2.45, 2.75) is 0 Å².